The van der Waals surface area contributed by atoms with Crippen molar-refractivity contribution in [1.29, 1.82) is 0 Å². The van der Waals surface area contributed by atoms with Gasteiger partial charge in [0.25, 0.3) is 0 Å². The minimum atomic E-state index is 0.216. The van der Waals surface area contributed by atoms with Gasteiger partial charge in [-0.15, -0.1) is 0 Å². The van der Waals surface area contributed by atoms with Gasteiger partial charge in [-0.25, -0.2) is 0 Å². The largest absolute Gasteiger partial charge is 0.300 e. The molecular formula is C15H20ClNO. The van der Waals surface area contributed by atoms with E-state index in [1.165, 1.54) is 12.8 Å². The molecule has 2 rings (SSSR count). The van der Waals surface area contributed by atoms with E-state index in [1.54, 1.807) is 12.1 Å². The first kappa shape index (κ1) is 13.6. The van der Waals surface area contributed by atoms with Crippen LogP contribution in [0.3, 0.4) is 0 Å². The second-order valence-corrected chi connectivity index (χ2v) is 5.38. The van der Waals surface area contributed by atoms with Crippen LogP contribution in [0.4, 0.5) is 0 Å². The minimum Gasteiger partial charge on any atom is -0.300 e. The minimum absolute atomic E-state index is 0.216. The Morgan fingerprint density at radius 2 is 1.94 bits per heavy atom. The van der Waals surface area contributed by atoms with Gasteiger partial charge in [-0.05, 0) is 50.1 Å². The van der Waals surface area contributed by atoms with Crippen molar-refractivity contribution in [2.75, 3.05) is 13.1 Å². The van der Waals surface area contributed by atoms with Crippen LogP contribution >= 0.6 is 11.6 Å². The van der Waals surface area contributed by atoms with Crippen LogP contribution in [-0.4, -0.2) is 29.8 Å². The second-order valence-electron chi connectivity index (χ2n) is 4.95. The summed E-state index contributed by atoms with van der Waals surface area (Å²) in [5.41, 5.74) is 0.770. The topological polar surface area (TPSA) is 20.3 Å². The Labute approximate surface area is 114 Å². The molecule has 0 atom stereocenters. The van der Waals surface area contributed by atoms with Gasteiger partial charge < -0.3 is 0 Å². The number of rotatable bonds is 7. The maximum atomic E-state index is 12.0. The third kappa shape index (κ3) is 3.82. The summed E-state index contributed by atoms with van der Waals surface area (Å²) in [7, 11) is 0. The molecule has 0 spiro atoms. The van der Waals surface area contributed by atoms with E-state index in [0.29, 0.717) is 11.4 Å². The Morgan fingerprint density at radius 1 is 1.28 bits per heavy atom. The van der Waals surface area contributed by atoms with E-state index in [0.717, 1.165) is 31.1 Å². The summed E-state index contributed by atoms with van der Waals surface area (Å²) in [5.74, 6) is 0.216. The molecule has 0 aromatic heterocycles. The second kappa shape index (κ2) is 6.35. The van der Waals surface area contributed by atoms with E-state index < -0.39 is 0 Å². The average Bonchev–Trinajstić information content (AvgIpc) is 3.19. The highest BCUT2D eigenvalue weighted by atomic mass is 35.5. The number of hydrogen-bond donors (Lipinski definition) is 0. The van der Waals surface area contributed by atoms with Crippen LogP contribution in [0.2, 0.25) is 5.02 Å². The number of benzene rings is 1. The SMILES string of the molecule is CCCN(CCC(=O)c1ccc(Cl)cc1)C1CC1. The fourth-order valence-corrected chi connectivity index (χ4v) is 2.36. The first-order valence-electron chi connectivity index (χ1n) is 6.73. The van der Waals surface area contributed by atoms with E-state index in [2.05, 4.69) is 11.8 Å². The van der Waals surface area contributed by atoms with Crippen molar-refractivity contribution in [3.63, 3.8) is 0 Å². The molecule has 98 valence electrons. The van der Waals surface area contributed by atoms with Crippen LogP contribution in [0.1, 0.15) is 43.0 Å². The van der Waals surface area contributed by atoms with Gasteiger partial charge in [-0.3, -0.25) is 9.69 Å². The summed E-state index contributed by atoms with van der Waals surface area (Å²) >= 11 is 5.82. The molecule has 0 heterocycles. The fourth-order valence-electron chi connectivity index (χ4n) is 2.23. The molecule has 1 aromatic rings. The Hall–Kier alpha value is -0.860. The van der Waals surface area contributed by atoms with Crippen molar-refractivity contribution < 1.29 is 4.79 Å². The maximum absolute atomic E-state index is 12.0. The molecule has 2 nitrogen and oxygen atoms in total. The monoisotopic (exact) mass is 265 g/mol. The third-order valence-corrected chi connectivity index (χ3v) is 3.62. The summed E-state index contributed by atoms with van der Waals surface area (Å²) in [5, 5.41) is 0.678. The van der Waals surface area contributed by atoms with Crippen molar-refractivity contribution in [1.82, 2.24) is 4.90 Å². The number of hydrogen-bond acceptors (Lipinski definition) is 2. The van der Waals surface area contributed by atoms with Crippen molar-refractivity contribution in [2.24, 2.45) is 0 Å². The summed E-state index contributed by atoms with van der Waals surface area (Å²) < 4.78 is 0. The van der Waals surface area contributed by atoms with Crippen molar-refractivity contribution in [3.8, 4) is 0 Å². The standard InChI is InChI=1S/C15H20ClNO/c1-2-10-17(14-7-8-14)11-9-15(18)12-3-5-13(16)6-4-12/h3-6,14H,2,7-11H2,1H3. The van der Waals surface area contributed by atoms with Gasteiger partial charge in [-0.2, -0.15) is 0 Å². The quantitative estimate of drug-likeness (QED) is 0.699. The number of carbonyl (C=O) groups is 1. The van der Waals surface area contributed by atoms with Crippen molar-refractivity contribution >= 4 is 17.4 Å². The zero-order chi connectivity index (χ0) is 13.0. The lowest BCUT2D eigenvalue weighted by Gasteiger charge is -2.20. The third-order valence-electron chi connectivity index (χ3n) is 3.37. The normalized spacial score (nSPS) is 15.1. The Balaban J connectivity index is 1.85. The molecule has 1 aliphatic rings. The Kier molecular flexibility index (Phi) is 4.79. The molecule has 1 saturated carbocycles. The Bertz CT molecular complexity index is 397. The lowest BCUT2D eigenvalue weighted by atomic mass is 10.1. The fraction of sp³-hybridized carbons (Fsp3) is 0.533. The predicted octanol–water partition coefficient (Wildman–Crippen LogP) is 3.79. The average molecular weight is 266 g/mol. The lowest BCUT2D eigenvalue weighted by molar-refractivity contribution is 0.0962. The molecule has 0 aliphatic heterocycles. The zero-order valence-corrected chi connectivity index (χ0v) is 11.6. The summed E-state index contributed by atoms with van der Waals surface area (Å²) in [6.45, 7) is 4.19. The molecule has 3 heteroatoms. The van der Waals surface area contributed by atoms with Crippen molar-refractivity contribution in [2.45, 2.75) is 38.6 Å². The summed E-state index contributed by atoms with van der Waals surface area (Å²) in [4.78, 5) is 14.5. The van der Waals surface area contributed by atoms with E-state index in [4.69, 9.17) is 11.6 Å². The highest BCUT2D eigenvalue weighted by Gasteiger charge is 2.28. The molecule has 1 aromatic carbocycles. The van der Waals surface area contributed by atoms with Crippen LogP contribution in [0.15, 0.2) is 24.3 Å². The molecule has 0 radical (unpaired) electrons. The smallest absolute Gasteiger partial charge is 0.164 e. The molecule has 1 aliphatic carbocycles. The summed E-state index contributed by atoms with van der Waals surface area (Å²) in [6, 6.07) is 7.92. The van der Waals surface area contributed by atoms with Gasteiger partial charge >= 0.3 is 0 Å². The molecule has 0 amide bonds. The van der Waals surface area contributed by atoms with Gasteiger partial charge in [-0.1, -0.05) is 18.5 Å². The molecule has 0 N–H and O–H groups in total. The first-order valence-corrected chi connectivity index (χ1v) is 7.11. The molecule has 18 heavy (non-hydrogen) atoms. The lowest BCUT2D eigenvalue weighted by Crippen LogP contribution is -2.29. The molecule has 0 bridgehead atoms. The number of halogens is 1. The summed E-state index contributed by atoms with van der Waals surface area (Å²) in [6.07, 6.45) is 4.37. The van der Waals surface area contributed by atoms with Crippen LogP contribution in [0.25, 0.3) is 0 Å². The van der Waals surface area contributed by atoms with Gasteiger partial charge in [0, 0.05) is 29.6 Å². The van der Waals surface area contributed by atoms with Crippen LogP contribution < -0.4 is 0 Å². The van der Waals surface area contributed by atoms with Crippen LogP contribution in [0, 0.1) is 0 Å². The van der Waals surface area contributed by atoms with Gasteiger partial charge in [0.05, 0.1) is 0 Å². The molecular weight excluding hydrogens is 246 g/mol. The van der Waals surface area contributed by atoms with E-state index in [1.807, 2.05) is 12.1 Å². The van der Waals surface area contributed by atoms with Crippen LogP contribution in [0.5, 0.6) is 0 Å². The number of nitrogens with zero attached hydrogens (tertiary/aromatic N) is 1. The van der Waals surface area contributed by atoms with Crippen LogP contribution in [-0.2, 0) is 0 Å². The first-order chi connectivity index (χ1) is 8.70. The highest BCUT2D eigenvalue weighted by Crippen LogP contribution is 2.27. The molecule has 0 saturated heterocycles. The van der Waals surface area contributed by atoms with E-state index in [9.17, 15) is 4.79 Å². The van der Waals surface area contributed by atoms with Gasteiger partial charge in [0.2, 0.25) is 0 Å². The van der Waals surface area contributed by atoms with E-state index >= 15 is 0 Å². The van der Waals surface area contributed by atoms with E-state index in [-0.39, 0.29) is 5.78 Å². The number of ketones is 1. The maximum Gasteiger partial charge on any atom is 0.164 e. The number of carbonyl (C=O) groups excluding carboxylic acids is 1. The van der Waals surface area contributed by atoms with Gasteiger partial charge in [0.15, 0.2) is 5.78 Å². The molecule has 1 fully saturated rings. The predicted molar refractivity (Wildman–Crippen MR) is 75.3 cm³/mol. The Morgan fingerprint density at radius 3 is 2.50 bits per heavy atom. The van der Waals surface area contributed by atoms with Gasteiger partial charge in [0.1, 0.15) is 0 Å². The highest BCUT2D eigenvalue weighted by molar-refractivity contribution is 6.30. The van der Waals surface area contributed by atoms with Crippen molar-refractivity contribution in [3.05, 3.63) is 34.9 Å². The zero-order valence-electron chi connectivity index (χ0n) is 10.9. The number of Topliss-reactive ketones (excluding diaryl/α,β-unsaturated/α-hetero) is 1. The molecule has 0 unspecified atom stereocenters.